The van der Waals surface area contributed by atoms with Crippen LogP contribution in [-0.2, 0) is 4.79 Å². The van der Waals surface area contributed by atoms with Gasteiger partial charge in [-0.05, 0) is 19.3 Å². The van der Waals surface area contributed by atoms with Crippen LogP contribution >= 0.6 is 0 Å². The summed E-state index contributed by atoms with van der Waals surface area (Å²) in [5.41, 5.74) is 0. The van der Waals surface area contributed by atoms with Crippen LogP contribution in [0.4, 0.5) is 0 Å². The van der Waals surface area contributed by atoms with Crippen LogP contribution < -0.4 is 0 Å². The number of nitrogens with zero attached hydrogens (tertiary/aromatic N) is 1. The molecule has 1 rings (SSSR count). The van der Waals surface area contributed by atoms with Gasteiger partial charge in [0.15, 0.2) is 0 Å². The number of rotatable bonds is 1. The van der Waals surface area contributed by atoms with Gasteiger partial charge in [-0.2, -0.15) is 0 Å². The Hall–Kier alpha value is -0.570. The van der Waals surface area contributed by atoms with E-state index in [9.17, 15) is 4.79 Å². The van der Waals surface area contributed by atoms with Crippen molar-refractivity contribution in [1.82, 2.24) is 4.90 Å². The number of hydrogen-bond acceptors (Lipinski definition) is 2. The van der Waals surface area contributed by atoms with Crippen LogP contribution in [0, 0.1) is 5.92 Å². The first-order chi connectivity index (χ1) is 5.11. The van der Waals surface area contributed by atoms with Crippen molar-refractivity contribution in [3.63, 3.8) is 0 Å². The molecule has 1 aliphatic heterocycles. The molecule has 0 radical (unpaired) electrons. The van der Waals surface area contributed by atoms with Crippen LogP contribution in [0.15, 0.2) is 0 Å². The topological polar surface area (TPSA) is 40.5 Å². The van der Waals surface area contributed by atoms with Crippen LogP contribution in [0.5, 0.6) is 0 Å². The fourth-order valence-electron chi connectivity index (χ4n) is 1.40. The van der Waals surface area contributed by atoms with Gasteiger partial charge in [-0.25, -0.2) is 0 Å². The van der Waals surface area contributed by atoms with Gasteiger partial charge in [-0.15, -0.1) is 0 Å². The average molecular weight is 157 g/mol. The van der Waals surface area contributed by atoms with E-state index in [4.69, 9.17) is 5.11 Å². The van der Waals surface area contributed by atoms with Crippen molar-refractivity contribution in [1.29, 1.82) is 0 Å². The molecule has 0 saturated carbocycles. The Kier molecular flexibility index (Phi) is 2.49. The zero-order chi connectivity index (χ0) is 8.43. The first-order valence-corrected chi connectivity index (χ1v) is 4.08. The summed E-state index contributed by atoms with van der Waals surface area (Å²) in [5.74, 6) is 0.465. The second-order valence-corrected chi connectivity index (χ2v) is 3.35. The molecule has 1 fully saturated rings. The maximum absolute atomic E-state index is 11.2. The zero-order valence-electron chi connectivity index (χ0n) is 7.08. The molecule has 1 saturated heterocycles. The molecule has 11 heavy (non-hydrogen) atoms. The van der Waals surface area contributed by atoms with Gasteiger partial charge in [0, 0.05) is 13.1 Å². The number of aliphatic hydroxyl groups excluding tert-OH is 1. The highest BCUT2D eigenvalue weighted by molar-refractivity contribution is 5.80. The third kappa shape index (κ3) is 1.93. The largest absolute Gasteiger partial charge is 0.384 e. The maximum Gasteiger partial charge on any atom is 0.251 e. The van der Waals surface area contributed by atoms with E-state index >= 15 is 0 Å². The minimum absolute atomic E-state index is 0.130. The van der Waals surface area contributed by atoms with E-state index in [2.05, 4.69) is 6.92 Å². The number of aliphatic hydroxyl groups is 1. The molecule has 0 bridgehead atoms. The molecule has 1 unspecified atom stereocenters. The number of likely N-dealkylation sites (tertiary alicyclic amines) is 1. The number of carbonyl (C=O) groups excluding carboxylic acids is 1. The maximum atomic E-state index is 11.2. The van der Waals surface area contributed by atoms with Gasteiger partial charge in [-0.3, -0.25) is 4.79 Å². The first-order valence-electron chi connectivity index (χ1n) is 4.08. The molecule has 1 aliphatic rings. The monoisotopic (exact) mass is 157 g/mol. The van der Waals surface area contributed by atoms with Crippen LogP contribution in [-0.4, -0.2) is 35.1 Å². The van der Waals surface area contributed by atoms with E-state index in [1.807, 2.05) is 0 Å². The van der Waals surface area contributed by atoms with Gasteiger partial charge < -0.3 is 10.0 Å². The lowest BCUT2D eigenvalue weighted by atomic mass is 10.2. The predicted molar refractivity (Wildman–Crippen MR) is 42.0 cm³/mol. The highest BCUT2D eigenvalue weighted by Gasteiger charge is 2.25. The Morgan fingerprint density at radius 3 is 2.73 bits per heavy atom. The van der Waals surface area contributed by atoms with Crippen molar-refractivity contribution >= 4 is 5.91 Å². The normalized spacial score (nSPS) is 27.2. The molecule has 0 aliphatic carbocycles. The third-order valence-electron chi connectivity index (χ3n) is 2.09. The molecule has 3 nitrogen and oxygen atoms in total. The SMILES string of the molecule is CC1CCN(C(=O)[C@H](C)O)C1. The number of carbonyl (C=O) groups is 1. The third-order valence-corrected chi connectivity index (χ3v) is 2.09. The van der Waals surface area contributed by atoms with Crippen molar-refractivity contribution in [2.45, 2.75) is 26.4 Å². The highest BCUT2D eigenvalue weighted by Crippen LogP contribution is 2.15. The van der Waals surface area contributed by atoms with Crippen molar-refractivity contribution in [2.75, 3.05) is 13.1 Å². The van der Waals surface area contributed by atoms with E-state index in [0.29, 0.717) is 5.92 Å². The van der Waals surface area contributed by atoms with E-state index in [1.165, 1.54) is 6.92 Å². The molecule has 0 aromatic heterocycles. The molecule has 2 atom stereocenters. The summed E-state index contributed by atoms with van der Waals surface area (Å²) in [5, 5.41) is 8.98. The standard InChI is InChI=1S/C8H15NO2/c1-6-3-4-9(5-6)8(11)7(2)10/h6-7,10H,3-5H2,1-2H3/t6?,7-/m0/s1. The minimum Gasteiger partial charge on any atom is -0.384 e. The summed E-state index contributed by atoms with van der Waals surface area (Å²) in [4.78, 5) is 12.9. The van der Waals surface area contributed by atoms with Crippen molar-refractivity contribution < 1.29 is 9.90 Å². The summed E-state index contributed by atoms with van der Waals surface area (Å²) in [6, 6.07) is 0. The van der Waals surface area contributed by atoms with Crippen LogP contribution in [0.2, 0.25) is 0 Å². The van der Waals surface area contributed by atoms with Gasteiger partial charge >= 0.3 is 0 Å². The molecule has 1 amide bonds. The highest BCUT2D eigenvalue weighted by atomic mass is 16.3. The molecule has 0 spiro atoms. The molecule has 0 aromatic rings. The van der Waals surface area contributed by atoms with Gasteiger partial charge in [0.25, 0.3) is 5.91 Å². The minimum atomic E-state index is -0.833. The fourth-order valence-corrected chi connectivity index (χ4v) is 1.40. The van der Waals surface area contributed by atoms with Crippen molar-refractivity contribution in [2.24, 2.45) is 5.92 Å². The fraction of sp³-hybridized carbons (Fsp3) is 0.875. The Morgan fingerprint density at radius 1 is 1.73 bits per heavy atom. The Morgan fingerprint density at radius 2 is 2.36 bits per heavy atom. The van der Waals surface area contributed by atoms with E-state index < -0.39 is 6.10 Å². The van der Waals surface area contributed by atoms with Crippen molar-refractivity contribution in [3.8, 4) is 0 Å². The summed E-state index contributed by atoms with van der Waals surface area (Å²) >= 11 is 0. The lowest BCUT2D eigenvalue weighted by Crippen LogP contribution is -2.35. The van der Waals surface area contributed by atoms with Gasteiger partial charge in [0.1, 0.15) is 6.10 Å². The first kappa shape index (κ1) is 8.53. The van der Waals surface area contributed by atoms with E-state index in [1.54, 1.807) is 4.90 Å². The van der Waals surface area contributed by atoms with Gasteiger partial charge in [0.2, 0.25) is 0 Å². The molecule has 1 heterocycles. The average Bonchev–Trinajstić information content (AvgIpc) is 2.34. The van der Waals surface area contributed by atoms with Crippen LogP contribution in [0.25, 0.3) is 0 Å². The summed E-state index contributed by atoms with van der Waals surface area (Å²) < 4.78 is 0. The Balaban J connectivity index is 2.43. The number of amides is 1. The van der Waals surface area contributed by atoms with E-state index in [-0.39, 0.29) is 5.91 Å². The smallest absolute Gasteiger partial charge is 0.251 e. The van der Waals surface area contributed by atoms with Crippen LogP contribution in [0.3, 0.4) is 0 Å². The lowest BCUT2D eigenvalue weighted by molar-refractivity contribution is -0.138. The van der Waals surface area contributed by atoms with Gasteiger partial charge in [0.05, 0.1) is 0 Å². The van der Waals surface area contributed by atoms with Crippen molar-refractivity contribution in [3.05, 3.63) is 0 Å². The molecule has 1 N–H and O–H groups in total. The Bertz CT molecular complexity index is 156. The molecule has 3 heteroatoms. The van der Waals surface area contributed by atoms with Gasteiger partial charge in [-0.1, -0.05) is 6.92 Å². The zero-order valence-corrected chi connectivity index (χ0v) is 7.08. The molecule has 64 valence electrons. The Labute approximate surface area is 67.0 Å². The summed E-state index contributed by atoms with van der Waals surface area (Å²) in [6.07, 6.45) is 0.235. The quantitative estimate of drug-likeness (QED) is 0.592. The molecular formula is C8H15NO2. The van der Waals surface area contributed by atoms with E-state index in [0.717, 1.165) is 19.5 Å². The summed E-state index contributed by atoms with van der Waals surface area (Å²) in [7, 11) is 0. The van der Waals surface area contributed by atoms with Crippen LogP contribution in [0.1, 0.15) is 20.3 Å². The second-order valence-electron chi connectivity index (χ2n) is 3.35. The second kappa shape index (κ2) is 3.22. The molecular weight excluding hydrogens is 142 g/mol. The number of hydrogen-bond donors (Lipinski definition) is 1. The predicted octanol–water partition coefficient (Wildman–Crippen LogP) is 0.236. The lowest BCUT2D eigenvalue weighted by Gasteiger charge is -2.17. The summed E-state index contributed by atoms with van der Waals surface area (Å²) in [6.45, 7) is 5.26. The molecule has 0 aromatic carbocycles.